The molecule has 2 heterocycles. The number of oxazole rings is 1. The lowest BCUT2D eigenvalue weighted by Crippen LogP contribution is -2.21. The predicted octanol–water partition coefficient (Wildman–Crippen LogP) is 1.86. The molecule has 0 radical (unpaired) electrons. The predicted molar refractivity (Wildman–Crippen MR) is 65.4 cm³/mol. The van der Waals surface area contributed by atoms with Gasteiger partial charge in [0.1, 0.15) is 12.3 Å². The van der Waals surface area contributed by atoms with Crippen molar-refractivity contribution in [3.8, 4) is 0 Å². The second-order valence-corrected chi connectivity index (χ2v) is 4.46. The SMILES string of the molecule is Cc1cnc(Cn2cc([N+](=O)[O-])cc(Br)c2=O)o1. The van der Waals surface area contributed by atoms with Crippen LogP contribution in [0.3, 0.4) is 0 Å². The van der Waals surface area contributed by atoms with Crippen LogP contribution in [0.5, 0.6) is 0 Å². The molecule has 0 unspecified atom stereocenters. The largest absolute Gasteiger partial charge is 0.444 e. The maximum atomic E-state index is 11.8. The lowest BCUT2D eigenvalue weighted by atomic mass is 10.4. The van der Waals surface area contributed by atoms with E-state index in [1.165, 1.54) is 16.8 Å². The van der Waals surface area contributed by atoms with Crippen molar-refractivity contribution in [2.45, 2.75) is 13.5 Å². The highest BCUT2D eigenvalue weighted by Gasteiger charge is 2.13. The molecule has 8 heteroatoms. The van der Waals surface area contributed by atoms with Gasteiger partial charge in [-0.15, -0.1) is 0 Å². The quantitative estimate of drug-likeness (QED) is 0.637. The zero-order valence-corrected chi connectivity index (χ0v) is 10.9. The Balaban J connectivity index is 2.43. The minimum absolute atomic E-state index is 0.0486. The minimum Gasteiger partial charge on any atom is -0.444 e. The standard InChI is InChI=1S/C10H8BrN3O4/c1-6-3-12-9(18-6)5-13-4-7(14(16)17)2-8(11)10(13)15/h2-4H,5H2,1H3. The lowest BCUT2D eigenvalue weighted by molar-refractivity contribution is -0.385. The number of rotatable bonds is 3. The van der Waals surface area contributed by atoms with Gasteiger partial charge in [0.2, 0.25) is 5.89 Å². The van der Waals surface area contributed by atoms with Gasteiger partial charge in [0.05, 0.1) is 21.8 Å². The summed E-state index contributed by atoms with van der Waals surface area (Å²) in [6.45, 7) is 1.77. The van der Waals surface area contributed by atoms with Crippen LogP contribution < -0.4 is 5.56 Å². The molecule has 94 valence electrons. The first-order chi connectivity index (χ1) is 8.47. The normalized spacial score (nSPS) is 10.6. The molecule has 0 N–H and O–H groups in total. The Morgan fingerprint density at radius 2 is 2.33 bits per heavy atom. The van der Waals surface area contributed by atoms with Crippen LogP contribution >= 0.6 is 15.9 Å². The summed E-state index contributed by atoms with van der Waals surface area (Å²) in [7, 11) is 0. The van der Waals surface area contributed by atoms with Crippen molar-refractivity contribution < 1.29 is 9.34 Å². The van der Waals surface area contributed by atoms with Crippen molar-refractivity contribution in [3.63, 3.8) is 0 Å². The Labute approximate surface area is 109 Å². The van der Waals surface area contributed by atoms with E-state index in [0.29, 0.717) is 11.7 Å². The van der Waals surface area contributed by atoms with Gasteiger partial charge in [0.15, 0.2) is 0 Å². The van der Waals surface area contributed by atoms with Gasteiger partial charge >= 0.3 is 0 Å². The number of hydrogen-bond donors (Lipinski definition) is 0. The fraction of sp³-hybridized carbons (Fsp3) is 0.200. The molecule has 0 aliphatic heterocycles. The van der Waals surface area contributed by atoms with Crippen molar-refractivity contribution in [2.75, 3.05) is 0 Å². The molecule has 0 bridgehead atoms. The molecule has 2 aromatic rings. The summed E-state index contributed by atoms with van der Waals surface area (Å²) in [4.78, 5) is 25.9. The second kappa shape index (κ2) is 4.73. The number of nitro groups is 1. The smallest absolute Gasteiger partial charge is 0.286 e. The Hall–Kier alpha value is -1.96. The average Bonchev–Trinajstić information content (AvgIpc) is 2.70. The van der Waals surface area contributed by atoms with Gasteiger partial charge in [-0.3, -0.25) is 19.5 Å². The summed E-state index contributed by atoms with van der Waals surface area (Å²) in [5, 5.41) is 10.7. The monoisotopic (exact) mass is 313 g/mol. The van der Waals surface area contributed by atoms with E-state index in [4.69, 9.17) is 4.42 Å². The number of halogens is 1. The third kappa shape index (κ3) is 2.48. The van der Waals surface area contributed by atoms with E-state index in [2.05, 4.69) is 20.9 Å². The van der Waals surface area contributed by atoms with E-state index in [0.717, 1.165) is 6.20 Å². The van der Waals surface area contributed by atoms with Crippen molar-refractivity contribution in [2.24, 2.45) is 0 Å². The Kier molecular flexibility index (Phi) is 3.28. The number of hydrogen-bond acceptors (Lipinski definition) is 5. The highest BCUT2D eigenvalue weighted by atomic mass is 79.9. The second-order valence-electron chi connectivity index (χ2n) is 3.60. The van der Waals surface area contributed by atoms with E-state index in [1.807, 2.05) is 0 Å². The first-order valence-corrected chi connectivity index (χ1v) is 5.72. The topological polar surface area (TPSA) is 91.2 Å². The van der Waals surface area contributed by atoms with Crippen LogP contribution in [-0.2, 0) is 6.54 Å². The summed E-state index contributed by atoms with van der Waals surface area (Å²) >= 11 is 2.99. The zero-order valence-electron chi connectivity index (χ0n) is 9.29. The van der Waals surface area contributed by atoms with Gasteiger partial charge in [-0.05, 0) is 22.9 Å². The molecule has 0 amide bonds. The van der Waals surface area contributed by atoms with Gasteiger partial charge in [0, 0.05) is 6.07 Å². The van der Waals surface area contributed by atoms with E-state index in [1.54, 1.807) is 6.92 Å². The molecule has 0 fully saturated rings. The molecule has 0 saturated heterocycles. The van der Waals surface area contributed by atoms with Gasteiger partial charge in [-0.2, -0.15) is 0 Å². The molecule has 2 aromatic heterocycles. The van der Waals surface area contributed by atoms with Gasteiger partial charge < -0.3 is 4.42 Å². The maximum Gasteiger partial charge on any atom is 0.286 e. The Morgan fingerprint density at radius 1 is 1.61 bits per heavy atom. The molecule has 7 nitrogen and oxygen atoms in total. The van der Waals surface area contributed by atoms with E-state index < -0.39 is 4.92 Å². The van der Waals surface area contributed by atoms with E-state index >= 15 is 0 Å². The third-order valence-electron chi connectivity index (χ3n) is 2.21. The summed E-state index contributed by atoms with van der Waals surface area (Å²) in [6, 6.07) is 1.17. The fourth-order valence-electron chi connectivity index (χ4n) is 1.42. The van der Waals surface area contributed by atoms with Crippen LogP contribution in [0, 0.1) is 17.0 Å². The first kappa shape index (κ1) is 12.5. The molecule has 0 spiro atoms. The maximum absolute atomic E-state index is 11.8. The molecule has 0 aromatic carbocycles. The van der Waals surface area contributed by atoms with E-state index in [9.17, 15) is 14.9 Å². The van der Waals surface area contributed by atoms with Crippen molar-refractivity contribution in [3.05, 3.63) is 55.1 Å². The highest BCUT2D eigenvalue weighted by molar-refractivity contribution is 9.10. The summed E-state index contributed by atoms with van der Waals surface area (Å²) in [6.07, 6.45) is 2.68. The molecule has 0 aliphatic rings. The van der Waals surface area contributed by atoms with Crippen LogP contribution in [0.2, 0.25) is 0 Å². The highest BCUT2D eigenvalue weighted by Crippen LogP contribution is 2.15. The van der Waals surface area contributed by atoms with Crippen LogP contribution in [0.15, 0.2) is 32.1 Å². The van der Waals surface area contributed by atoms with Gasteiger partial charge in [0.25, 0.3) is 11.2 Å². The van der Waals surface area contributed by atoms with Crippen molar-refractivity contribution >= 4 is 21.6 Å². The molecular formula is C10H8BrN3O4. The zero-order chi connectivity index (χ0) is 13.3. The molecule has 18 heavy (non-hydrogen) atoms. The fourth-order valence-corrected chi connectivity index (χ4v) is 1.88. The van der Waals surface area contributed by atoms with Crippen molar-refractivity contribution in [1.82, 2.24) is 9.55 Å². The Bertz CT molecular complexity index is 661. The van der Waals surface area contributed by atoms with Crippen molar-refractivity contribution in [1.29, 1.82) is 0 Å². The van der Waals surface area contributed by atoms with Gasteiger partial charge in [-0.1, -0.05) is 0 Å². The molecule has 0 aliphatic carbocycles. The van der Waals surface area contributed by atoms with Crippen LogP contribution in [0.1, 0.15) is 11.7 Å². The summed E-state index contributed by atoms with van der Waals surface area (Å²) < 4.78 is 6.53. The number of pyridine rings is 1. The van der Waals surface area contributed by atoms with Crippen LogP contribution in [-0.4, -0.2) is 14.5 Å². The molecular weight excluding hydrogens is 306 g/mol. The molecule has 0 saturated carbocycles. The third-order valence-corrected chi connectivity index (χ3v) is 2.78. The minimum atomic E-state index is -0.568. The molecule has 0 atom stereocenters. The van der Waals surface area contributed by atoms with Crippen LogP contribution in [0.4, 0.5) is 5.69 Å². The van der Waals surface area contributed by atoms with Gasteiger partial charge in [-0.25, -0.2) is 4.98 Å². The first-order valence-electron chi connectivity index (χ1n) is 4.93. The van der Waals surface area contributed by atoms with Crippen LogP contribution in [0.25, 0.3) is 0 Å². The summed E-state index contributed by atoms with van der Waals surface area (Å²) in [5.74, 6) is 0.935. The average molecular weight is 314 g/mol. The Morgan fingerprint density at radius 3 is 2.89 bits per heavy atom. The van der Waals surface area contributed by atoms with E-state index in [-0.39, 0.29) is 22.3 Å². The number of aromatic nitrogens is 2. The summed E-state index contributed by atoms with van der Waals surface area (Å²) in [5.41, 5.74) is -0.554. The number of nitrogens with zero attached hydrogens (tertiary/aromatic N) is 3. The lowest BCUT2D eigenvalue weighted by Gasteiger charge is -2.03. The molecule has 2 rings (SSSR count). The number of aryl methyl sites for hydroxylation is 1.